The third kappa shape index (κ3) is 6.60. The minimum Gasteiger partial charge on any atom is -0.493 e. The molecule has 0 saturated carbocycles. The van der Waals surface area contributed by atoms with E-state index < -0.39 is 0 Å². The molecule has 1 N–H and O–H groups in total. The van der Waals surface area contributed by atoms with Gasteiger partial charge in [0, 0.05) is 36.7 Å². The van der Waals surface area contributed by atoms with Gasteiger partial charge in [-0.2, -0.15) is 0 Å². The van der Waals surface area contributed by atoms with Gasteiger partial charge in [-0.25, -0.2) is 4.68 Å². The van der Waals surface area contributed by atoms with Gasteiger partial charge in [-0.3, -0.25) is 9.69 Å². The number of benzene rings is 2. The maximum Gasteiger partial charge on any atom is 0.252 e. The minimum atomic E-state index is -0.167. The van der Waals surface area contributed by atoms with Crippen LogP contribution in [0.3, 0.4) is 0 Å². The number of hydrogen-bond donors (Lipinski definition) is 1. The molecule has 41 heavy (non-hydrogen) atoms. The van der Waals surface area contributed by atoms with Crippen LogP contribution in [0.25, 0.3) is 10.9 Å². The Bertz CT molecular complexity index is 1530. The highest BCUT2D eigenvalue weighted by atomic mass is 16.5. The van der Waals surface area contributed by atoms with E-state index in [0.717, 1.165) is 36.2 Å². The van der Waals surface area contributed by atoms with Crippen molar-refractivity contribution in [3.05, 3.63) is 63.7 Å². The van der Waals surface area contributed by atoms with Crippen molar-refractivity contribution in [2.24, 2.45) is 0 Å². The third-order valence-corrected chi connectivity index (χ3v) is 7.36. The molecular formula is C29H36N6O6. The fourth-order valence-corrected chi connectivity index (χ4v) is 5.13. The summed E-state index contributed by atoms with van der Waals surface area (Å²) >= 11 is 0. The Hall–Kier alpha value is -4.16. The number of rotatable bonds is 13. The van der Waals surface area contributed by atoms with Gasteiger partial charge in [0.1, 0.15) is 0 Å². The number of hydrogen-bond acceptors (Lipinski definition) is 10. The molecule has 1 saturated heterocycles. The summed E-state index contributed by atoms with van der Waals surface area (Å²) in [5.74, 6) is 3.22. The number of pyridine rings is 1. The van der Waals surface area contributed by atoms with E-state index in [2.05, 4.69) is 25.4 Å². The Morgan fingerprint density at radius 1 is 0.976 bits per heavy atom. The van der Waals surface area contributed by atoms with Crippen molar-refractivity contribution in [2.75, 3.05) is 41.6 Å². The molecule has 12 heteroatoms. The average molecular weight is 565 g/mol. The second-order valence-electron chi connectivity index (χ2n) is 9.98. The van der Waals surface area contributed by atoms with Gasteiger partial charge in [-0.05, 0) is 59.5 Å². The van der Waals surface area contributed by atoms with Gasteiger partial charge in [-0.15, -0.1) is 5.10 Å². The van der Waals surface area contributed by atoms with Crippen LogP contribution in [-0.4, -0.2) is 77.8 Å². The van der Waals surface area contributed by atoms with Gasteiger partial charge < -0.3 is 28.7 Å². The predicted molar refractivity (Wildman–Crippen MR) is 152 cm³/mol. The van der Waals surface area contributed by atoms with Gasteiger partial charge in [0.25, 0.3) is 5.56 Å². The molecule has 1 aliphatic rings. The standard InChI is InChI=1S/C29H36N6O6/c1-37-24-8-7-19(12-25(24)38-2)9-10-34(18-28-31-32-33-35(28)17-22-6-5-11-41-22)16-21-13-20-14-26(39-3)27(40-4)15-23(20)30-29(21)36/h7-8,12-15,22H,5-6,9-11,16-18H2,1-4H3,(H,30,36)/t22-/m0/s1. The molecule has 0 spiro atoms. The summed E-state index contributed by atoms with van der Waals surface area (Å²) in [7, 11) is 6.40. The van der Waals surface area contributed by atoms with Crippen molar-refractivity contribution < 1.29 is 23.7 Å². The first-order valence-corrected chi connectivity index (χ1v) is 13.6. The van der Waals surface area contributed by atoms with Crippen LogP contribution in [0.5, 0.6) is 23.0 Å². The van der Waals surface area contributed by atoms with Gasteiger partial charge in [0.2, 0.25) is 0 Å². The van der Waals surface area contributed by atoms with E-state index in [1.54, 1.807) is 39.2 Å². The Balaban J connectivity index is 1.42. The third-order valence-electron chi connectivity index (χ3n) is 7.36. The molecule has 0 aliphatic carbocycles. The molecule has 0 radical (unpaired) electrons. The molecule has 3 heterocycles. The summed E-state index contributed by atoms with van der Waals surface area (Å²) in [4.78, 5) is 18.4. The molecule has 1 aliphatic heterocycles. The van der Waals surface area contributed by atoms with Crippen LogP contribution in [-0.2, 0) is 30.8 Å². The summed E-state index contributed by atoms with van der Waals surface area (Å²) in [5.41, 5.74) is 2.21. The maximum absolute atomic E-state index is 13.2. The first-order valence-electron chi connectivity index (χ1n) is 13.6. The van der Waals surface area contributed by atoms with Crippen LogP contribution in [0.2, 0.25) is 0 Å². The van der Waals surface area contributed by atoms with Crippen molar-refractivity contribution >= 4 is 10.9 Å². The fraction of sp³-hybridized carbons (Fsp3) is 0.448. The lowest BCUT2D eigenvalue weighted by Crippen LogP contribution is -2.30. The number of H-pyrrole nitrogens is 1. The monoisotopic (exact) mass is 564 g/mol. The Morgan fingerprint density at radius 3 is 2.46 bits per heavy atom. The number of fused-ring (bicyclic) bond motifs is 1. The zero-order valence-electron chi connectivity index (χ0n) is 23.9. The Labute approximate surface area is 238 Å². The number of aromatic nitrogens is 5. The molecule has 4 aromatic rings. The molecule has 5 rings (SSSR count). The topological polar surface area (TPSA) is 126 Å². The minimum absolute atomic E-state index is 0.104. The molecule has 0 amide bonds. The molecule has 1 fully saturated rings. The number of nitrogens with zero attached hydrogens (tertiary/aromatic N) is 5. The van der Waals surface area contributed by atoms with Crippen molar-refractivity contribution in [1.29, 1.82) is 0 Å². The molecule has 2 aromatic heterocycles. The predicted octanol–water partition coefficient (Wildman–Crippen LogP) is 2.97. The molecule has 1 atom stereocenters. The molecule has 218 valence electrons. The molecule has 0 bridgehead atoms. The quantitative estimate of drug-likeness (QED) is 0.259. The first-order chi connectivity index (χ1) is 20.0. The lowest BCUT2D eigenvalue weighted by Gasteiger charge is -2.22. The highest BCUT2D eigenvalue weighted by Crippen LogP contribution is 2.31. The van der Waals surface area contributed by atoms with Crippen molar-refractivity contribution in [3.63, 3.8) is 0 Å². The summed E-state index contributed by atoms with van der Waals surface area (Å²) in [6, 6.07) is 11.4. The van der Waals surface area contributed by atoms with Crippen LogP contribution in [0.1, 0.15) is 29.8 Å². The zero-order valence-corrected chi connectivity index (χ0v) is 23.9. The molecular weight excluding hydrogens is 528 g/mol. The highest BCUT2D eigenvalue weighted by Gasteiger charge is 2.21. The van der Waals surface area contributed by atoms with E-state index in [1.165, 1.54) is 0 Å². The average Bonchev–Trinajstić information content (AvgIpc) is 3.67. The largest absolute Gasteiger partial charge is 0.493 e. The lowest BCUT2D eigenvalue weighted by atomic mass is 10.1. The Morgan fingerprint density at radius 2 is 1.73 bits per heavy atom. The summed E-state index contributed by atoms with van der Waals surface area (Å²) in [6.07, 6.45) is 2.85. The summed E-state index contributed by atoms with van der Waals surface area (Å²) < 4.78 is 29.4. The SMILES string of the molecule is COc1ccc(CCN(Cc2cc3cc(OC)c(OC)cc3[nH]c2=O)Cc2nnnn2C[C@@H]2CCCO2)cc1OC. The van der Waals surface area contributed by atoms with Crippen LogP contribution in [0.4, 0.5) is 0 Å². The van der Waals surface area contributed by atoms with Crippen LogP contribution in [0.15, 0.2) is 41.2 Å². The number of tetrazole rings is 1. The van der Waals surface area contributed by atoms with E-state index >= 15 is 0 Å². The second kappa shape index (κ2) is 13.0. The van der Waals surface area contributed by atoms with Gasteiger partial charge in [0.15, 0.2) is 28.8 Å². The fourth-order valence-electron chi connectivity index (χ4n) is 5.13. The second-order valence-corrected chi connectivity index (χ2v) is 9.98. The molecule has 0 unspecified atom stereocenters. The van der Waals surface area contributed by atoms with E-state index in [-0.39, 0.29) is 11.7 Å². The number of nitrogens with one attached hydrogen (secondary N) is 1. The zero-order chi connectivity index (χ0) is 28.8. The van der Waals surface area contributed by atoms with Gasteiger partial charge in [-0.1, -0.05) is 6.07 Å². The molecule has 2 aromatic carbocycles. The number of ether oxygens (including phenoxy) is 5. The van der Waals surface area contributed by atoms with E-state index in [1.807, 2.05) is 30.3 Å². The summed E-state index contributed by atoms with van der Waals surface area (Å²) in [6.45, 7) is 2.85. The molecule has 12 nitrogen and oxygen atoms in total. The normalized spacial score (nSPS) is 15.0. The summed E-state index contributed by atoms with van der Waals surface area (Å²) in [5, 5.41) is 13.3. The maximum atomic E-state index is 13.2. The highest BCUT2D eigenvalue weighted by molar-refractivity contribution is 5.83. The number of methoxy groups -OCH3 is 4. The van der Waals surface area contributed by atoms with Crippen LogP contribution in [0, 0.1) is 0 Å². The van der Waals surface area contributed by atoms with Crippen molar-refractivity contribution in [3.8, 4) is 23.0 Å². The van der Waals surface area contributed by atoms with E-state index in [4.69, 9.17) is 23.7 Å². The Kier molecular flexibility index (Phi) is 9.00. The van der Waals surface area contributed by atoms with E-state index in [9.17, 15) is 4.79 Å². The number of aromatic amines is 1. The van der Waals surface area contributed by atoms with Gasteiger partial charge in [0.05, 0.1) is 53.1 Å². The van der Waals surface area contributed by atoms with Crippen molar-refractivity contribution in [2.45, 2.75) is 45.0 Å². The van der Waals surface area contributed by atoms with E-state index in [0.29, 0.717) is 66.7 Å². The van der Waals surface area contributed by atoms with Crippen LogP contribution < -0.4 is 24.5 Å². The van der Waals surface area contributed by atoms with Crippen LogP contribution >= 0.6 is 0 Å². The van der Waals surface area contributed by atoms with Gasteiger partial charge >= 0.3 is 0 Å². The smallest absolute Gasteiger partial charge is 0.252 e. The van der Waals surface area contributed by atoms with Crippen molar-refractivity contribution in [1.82, 2.24) is 30.1 Å². The lowest BCUT2D eigenvalue weighted by molar-refractivity contribution is 0.0916. The first kappa shape index (κ1) is 28.4.